The molecule has 2 N–H and O–H groups in total. The Balaban J connectivity index is 1.84. The fourth-order valence-electron chi connectivity index (χ4n) is 1.81. The quantitative estimate of drug-likeness (QED) is 0.834. The van der Waals surface area contributed by atoms with Gasteiger partial charge in [0.2, 0.25) is 0 Å². The maximum atomic E-state index is 11.8. The van der Waals surface area contributed by atoms with Gasteiger partial charge in [-0.05, 0) is 30.2 Å². The zero-order chi connectivity index (χ0) is 11.5. The number of aliphatic hydroxyl groups is 1. The second-order valence-electron chi connectivity index (χ2n) is 4.02. The number of methoxy groups -OCH3 is 1. The molecule has 1 aliphatic carbocycles. The highest BCUT2D eigenvalue weighted by Gasteiger charge is 2.27. The van der Waals surface area contributed by atoms with Crippen LogP contribution in [0.1, 0.15) is 22.5 Å². The first-order valence-electron chi connectivity index (χ1n) is 5.28. The van der Waals surface area contributed by atoms with E-state index in [1.807, 2.05) is 5.38 Å². The maximum absolute atomic E-state index is 11.8. The molecule has 0 radical (unpaired) electrons. The number of carbonyl (C=O) groups excluding carboxylic acids is 1. The van der Waals surface area contributed by atoms with E-state index in [1.54, 1.807) is 13.2 Å². The fraction of sp³-hybridized carbons (Fsp3) is 0.545. The van der Waals surface area contributed by atoms with Gasteiger partial charge in [0.25, 0.3) is 5.91 Å². The third-order valence-electron chi connectivity index (χ3n) is 2.82. The molecule has 0 aromatic carbocycles. The number of ether oxygens (including phenoxy) is 1. The van der Waals surface area contributed by atoms with Gasteiger partial charge in [-0.25, -0.2) is 0 Å². The van der Waals surface area contributed by atoms with Gasteiger partial charge in [-0.3, -0.25) is 4.79 Å². The number of nitrogens with one attached hydrogen (secondary N) is 1. The lowest BCUT2D eigenvalue weighted by Gasteiger charge is -2.31. The second kappa shape index (κ2) is 4.84. The second-order valence-corrected chi connectivity index (χ2v) is 4.94. The van der Waals surface area contributed by atoms with E-state index in [4.69, 9.17) is 9.84 Å². The number of hydrogen-bond donors (Lipinski definition) is 2. The van der Waals surface area contributed by atoms with Crippen LogP contribution in [0.15, 0.2) is 11.4 Å². The van der Waals surface area contributed by atoms with E-state index in [-0.39, 0.29) is 12.0 Å². The van der Waals surface area contributed by atoms with Crippen LogP contribution in [0.4, 0.5) is 0 Å². The summed E-state index contributed by atoms with van der Waals surface area (Å²) in [6.07, 6.45) is 1.42. The molecular formula is C11H15NO3S. The molecule has 0 aliphatic heterocycles. The molecule has 2 rings (SSSR count). The van der Waals surface area contributed by atoms with Crippen LogP contribution in [-0.4, -0.2) is 30.8 Å². The number of hydrogen-bond acceptors (Lipinski definition) is 4. The normalized spacial score (nSPS) is 23.6. The molecule has 1 aromatic rings. The van der Waals surface area contributed by atoms with E-state index < -0.39 is 0 Å². The Morgan fingerprint density at radius 3 is 3.06 bits per heavy atom. The fourth-order valence-corrected chi connectivity index (χ4v) is 2.58. The highest BCUT2D eigenvalue weighted by Crippen LogP contribution is 2.27. The summed E-state index contributed by atoms with van der Waals surface area (Å²) in [5.74, 6) is 0.953. The first kappa shape index (κ1) is 11.4. The van der Waals surface area contributed by atoms with Crippen molar-refractivity contribution in [3.63, 3.8) is 0 Å². The van der Waals surface area contributed by atoms with E-state index in [2.05, 4.69) is 5.32 Å². The van der Waals surface area contributed by atoms with Gasteiger partial charge in [-0.1, -0.05) is 0 Å². The zero-order valence-electron chi connectivity index (χ0n) is 9.10. The van der Waals surface area contributed by atoms with E-state index >= 15 is 0 Å². The van der Waals surface area contributed by atoms with E-state index in [0.717, 1.165) is 12.8 Å². The summed E-state index contributed by atoms with van der Waals surface area (Å²) in [5, 5.41) is 13.8. The van der Waals surface area contributed by atoms with Crippen LogP contribution in [0, 0.1) is 5.92 Å². The minimum absolute atomic E-state index is 0.0896. The molecule has 1 heterocycles. The zero-order valence-corrected chi connectivity index (χ0v) is 9.92. The Morgan fingerprint density at radius 2 is 2.44 bits per heavy atom. The lowest BCUT2D eigenvalue weighted by Crippen LogP contribution is -2.38. The first-order chi connectivity index (χ1) is 7.70. The van der Waals surface area contributed by atoms with Crippen molar-refractivity contribution in [2.24, 2.45) is 5.92 Å². The van der Waals surface area contributed by atoms with Crippen LogP contribution >= 0.6 is 11.3 Å². The molecule has 0 saturated heterocycles. The van der Waals surface area contributed by atoms with Crippen LogP contribution in [0.5, 0.6) is 5.75 Å². The summed E-state index contributed by atoms with van der Waals surface area (Å²) in [6.45, 7) is 0.636. The van der Waals surface area contributed by atoms with Crippen LogP contribution < -0.4 is 10.1 Å². The number of aliphatic hydroxyl groups excluding tert-OH is 1. The van der Waals surface area contributed by atoms with Gasteiger partial charge in [0.15, 0.2) is 0 Å². The van der Waals surface area contributed by atoms with Crippen LogP contribution in [-0.2, 0) is 0 Å². The predicted octanol–water partition coefficient (Wildman–Crippen LogP) is 1.26. The summed E-state index contributed by atoms with van der Waals surface area (Å²) in [7, 11) is 1.56. The van der Waals surface area contributed by atoms with Gasteiger partial charge in [0, 0.05) is 6.54 Å². The topological polar surface area (TPSA) is 58.6 Å². The molecule has 0 atom stereocenters. The van der Waals surface area contributed by atoms with Crippen molar-refractivity contribution in [1.82, 2.24) is 5.32 Å². The number of rotatable bonds is 4. The summed E-state index contributed by atoms with van der Waals surface area (Å²) < 4.78 is 5.08. The van der Waals surface area contributed by atoms with Crippen LogP contribution in [0.25, 0.3) is 0 Å². The number of thiophene rings is 1. The highest BCUT2D eigenvalue weighted by atomic mass is 32.1. The smallest absolute Gasteiger partial charge is 0.265 e. The van der Waals surface area contributed by atoms with Gasteiger partial charge in [-0.15, -0.1) is 11.3 Å². The molecule has 16 heavy (non-hydrogen) atoms. The molecular weight excluding hydrogens is 226 g/mol. The van der Waals surface area contributed by atoms with E-state index in [1.165, 1.54) is 11.3 Å². The Bertz CT molecular complexity index is 371. The average molecular weight is 241 g/mol. The third kappa shape index (κ3) is 2.36. The molecule has 1 amide bonds. The van der Waals surface area contributed by atoms with Crippen molar-refractivity contribution >= 4 is 17.2 Å². The third-order valence-corrected chi connectivity index (χ3v) is 3.71. The lowest BCUT2D eigenvalue weighted by molar-refractivity contribution is 0.0420. The summed E-state index contributed by atoms with van der Waals surface area (Å²) in [4.78, 5) is 12.4. The van der Waals surface area contributed by atoms with Gasteiger partial charge in [0.1, 0.15) is 10.6 Å². The van der Waals surface area contributed by atoms with Crippen molar-refractivity contribution in [3.8, 4) is 5.75 Å². The molecule has 1 aromatic heterocycles. The van der Waals surface area contributed by atoms with Crippen molar-refractivity contribution in [2.45, 2.75) is 18.9 Å². The minimum Gasteiger partial charge on any atom is -0.495 e. The number of amides is 1. The molecule has 1 saturated carbocycles. The van der Waals surface area contributed by atoms with Crippen LogP contribution in [0.2, 0.25) is 0 Å². The minimum atomic E-state index is -0.168. The Kier molecular flexibility index (Phi) is 3.46. The van der Waals surface area contributed by atoms with E-state index in [9.17, 15) is 4.79 Å². The average Bonchev–Trinajstić information content (AvgIpc) is 2.70. The monoisotopic (exact) mass is 241 g/mol. The Morgan fingerprint density at radius 1 is 1.69 bits per heavy atom. The standard InChI is InChI=1S/C11H15NO3S/c1-15-9-2-3-16-10(9)11(14)12-6-7-4-8(13)5-7/h2-3,7-8,13H,4-6H2,1H3,(H,12,14). The maximum Gasteiger partial charge on any atom is 0.265 e. The van der Waals surface area contributed by atoms with Crippen molar-refractivity contribution in [3.05, 3.63) is 16.3 Å². The van der Waals surface area contributed by atoms with Gasteiger partial charge < -0.3 is 15.2 Å². The summed E-state index contributed by atoms with van der Waals surface area (Å²) in [6, 6.07) is 1.78. The predicted molar refractivity (Wildman–Crippen MR) is 61.9 cm³/mol. The van der Waals surface area contributed by atoms with Gasteiger partial charge in [0.05, 0.1) is 13.2 Å². The summed E-state index contributed by atoms with van der Waals surface area (Å²) >= 11 is 1.37. The van der Waals surface area contributed by atoms with Crippen molar-refractivity contribution < 1.29 is 14.6 Å². The Hall–Kier alpha value is -1.07. The molecule has 0 bridgehead atoms. The van der Waals surface area contributed by atoms with Gasteiger partial charge >= 0.3 is 0 Å². The molecule has 1 fully saturated rings. The largest absolute Gasteiger partial charge is 0.495 e. The molecule has 5 heteroatoms. The molecule has 1 aliphatic rings. The molecule has 0 unspecified atom stereocenters. The molecule has 88 valence electrons. The number of carbonyl (C=O) groups is 1. The van der Waals surface area contributed by atoms with Crippen LogP contribution in [0.3, 0.4) is 0 Å². The summed E-state index contributed by atoms with van der Waals surface area (Å²) in [5.41, 5.74) is 0. The SMILES string of the molecule is COc1ccsc1C(=O)NCC1CC(O)C1. The van der Waals surface area contributed by atoms with Crippen molar-refractivity contribution in [2.75, 3.05) is 13.7 Å². The van der Waals surface area contributed by atoms with E-state index in [0.29, 0.717) is 23.1 Å². The first-order valence-corrected chi connectivity index (χ1v) is 6.16. The molecule has 4 nitrogen and oxygen atoms in total. The lowest BCUT2D eigenvalue weighted by atomic mass is 9.82. The van der Waals surface area contributed by atoms with Gasteiger partial charge in [-0.2, -0.15) is 0 Å². The molecule has 0 spiro atoms. The highest BCUT2D eigenvalue weighted by molar-refractivity contribution is 7.12. The van der Waals surface area contributed by atoms with Crippen molar-refractivity contribution in [1.29, 1.82) is 0 Å². The Labute approximate surface area is 98.2 Å².